The minimum Gasteiger partial charge on any atom is -0.492 e. The lowest BCUT2D eigenvalue weighted by Crippen LogP contribution is -2.33. The summed E-state index contributed by atoms with van der Waals surface area (Å²) in [6.45, 7) is 3.88. The third-order valence-electron chi connectivity index (χ3n) is 3.23. The molecule has 0 bridgehead atoms. The molecular weight excluding hydrogens is 325 g/mol. The molecule has 0 heterocycles. The van der Waals surface area contributed by atoms with E-state index in [1.54, 1.807) is 31.2 Å². The summed E-state index contributed by atoms with van der Waals surface area (Å²) in [5, 5.41) is 6.32. The second-order valence-corrected chi connectivity index (χ2v) is 5.03. The molecule has 0 aromatic heterocycles. The number of nitrogens with zero attached hydrogens (tertiary/aromatic N) is 1. The van der Waals surface area contributed by atoms with Crippen molar-refractivity contribution in [3.63, 3.8) is 0 Å². The van der Waals surface area contributed by atoms with Gasteiger partial charge >= 0.3 is 11.8 Å². The Kier molecular flexibility index (Phi) is 6.22. The number of hydrogen-bond acceptors (Lipinski definition) is 4. The summed E-state index contributed by atoms with van der Waals surface area (Å²) in [6.07, 6.45) is 0. The van der Waals surface area contributed by atoms with Gasteiger partial charge in [0.25, 0.3) is 0 Å². The van der Waals surface area contributed by atoms with Crippen molar-refractivity contribution in [2.45, 2.75) is 13.8 Å². The van der Waals surface area contributed by atoms with Crippen LogP contribution in [0.25, 0.3) is 0 Å². The van der Waals surface area contributed by atoms with E-state index >= 15 is 0 Å². The number of amides is 2. The number of anilines is 1. The standard InChI is InChI=1S/C18H18FN3O3/c1-3-25-16-7-5-4-6-15(16)20-17(23)18(24)22-21-12(2)13-8-10-14(19)11-9-13/h4-11H,3H2,1-2H3,(H,20,23)(H,22,24). The van der Waals surface area contributed by atoms with Gasteiger partial charge in [0.05, 0.1) is 18.0 Å². The molecule has 6 nitrogen and oxygen atoms in total. The van der Waals surface area contributed by atoms with Crippen LogP contribution in [0.4, 0.5) is 10.1 Å². The molecule has 2 amide bonds. The fraction of sp³-hybridized carbons (Fsp3) is 0.167. The summed E-state index contributed by atoms with van der Waals surface area (Å²) >= 11 is 0. The van der Waals surface area contributed by atoms with Gasteiger partial charge < -0.3 is 10.1 Å². The number of hydrogen-bond donors (Lipinski definition) is 2. The molecule has 2 aromatic rings. The Morgan fingerprint density at radius 2 is 1.76 bits per heavy atom. The summed E-state index contributed by atoms with van der Waals surface area (Å²) in [6, 6.07) is 12.4. The van der Waals surface area contributed by atoms with Crippen molar-refractivity contribution < 1.29 is 18.7 Å². The van der Waals surface area contributed by atoms with Crippen LogP contribution in [0.5, 0.6) is 5.75 Å². The number of carbonyl (C=O) groups is 2. The number of hydrazone groups is 1. The summed E-state index contributed by atoms with van der Waals surface area (Å²) < 4.78 is 18.3. The van der Waals surface area contributed by atoms with Crippen molar-refractivity contribution in [2.24, 2.45) is 5.10 Å². The summed E-state index contributed by atoms with van der Waals surface area (Å²) in [5.74, 6) is -1.69. The minimum absolute atomic E-state index is 0.368. The first kappa shape index (κ1) is 18.1. The van der Waals surface area contributed by atoms with E-state index in [1.165, 1.54) is 24.3 Å². The third-order valence-corrected chi connectivity index (χ3v) is 3.23. The number of benzene rings is 2. The highest BCUT2D eigenvalue weighted by atomic mass is 19.1. The van der Waals surface area contributed by atoms with Gasteiger partial charge in [-0.1, -0.05) is 24.3 Å². The van der Waals surface area contributed by atoms with E-state index in [9.17, 15) is 14.0 Å². The zero-order valence-corrected chi connectivity index (χ0v) is 13.9. The molecule has 2 N–H and O–H groups in total. The van der Waals surface area contributed by atoms with E-state index in [-0.39, 0.29) is 5.82 Å². The predicted octanol–water partition coefficient (Wildman–Crippen LogP) is 2.70. The van der Waals surface area contributed by atoms with Gasteiger partial charge in [-0.3, -0.25) is 9.59 Å². The lowest BCUT2D eigenvalue weighted by molar-refractivity contribution is -0.136. The maximum absolute atomic E-state index is 12.9. The minimum atomic E-state index is -0.923. The Bertz CT molecular complexity index is 788. The number of rotatable bonds is 5. The van der Waals surface area contributed by atoms with Crippen LogP contribution in [-0.2, 0) is 9.59 Å². The molecule has 0 atom stereocenters. The lowest BCUT2D eigenvalue weighted by atomic mass is 10.1. The number of nitrogens with one attached hydrogen (secondary N) is 2. The number of ether oxygens (including phenoxy) is 1. The molecule has 2 aromatic carbocycles. The van der Waals surface area contributed by atoms with E-state index in [1.807, 2.05) is 6.92 Å². The first-order valence-electron chi connectivity index (χ1n) is 7.64. The Morgan fingerprint density at radius 1 is 1.08 bits per heavy atom. The van der Waals surface area contributed by atoms with Crippen LogP contribution in [0, 0.1) is 5.82 Å². The van der Waals surface area contributed by atoms with Crippen LogP contribution in [0.15, 0.2) is 53.6 Å². The largest absolute Gasteiger partial charge is 0.492 e. The van der Waals surface area contributed by atoms with Gasteiger partial charge in [-0.15, -0.1) is 0 Å². The van der Waals surface area contributed by atoms with Gasteiger partial charge in [-0.25, -0.2) is 9.82 Å². The Balaban J connectivity index is 2.00. The maximum Gasteiger partial charge on any atom is 0.329 e. The van der Waals surface area contributed by atoms with E-state index < -0.39 is 11.8 Å². The van der Waals surface area contributed by atoms with Crippen molar-refractivity contribution >= 4 is 23.2 Å². The van der Waals surface area contributed by atoms with E-state index in [0.717, 1.165) is 0 Å². The molecule has 0 fully saturated rings. The van der Waals surface area contributed by atoms with E-state index in [0.29, 0.717) is 29.3 Å². The van der Waals surface area contributed by atoms with Crippen molar-refractivity contribution in [3.05, 3.63) is 59.9 Å². The second-order valence-electron chi connectivity index (χ2n) is 5.03. The van der Waals surface area contributed by atoms with Crippen molar-refractivity contribution in [2.75, 3.05) is 11.9 Å². The Morgan fingerprint density at radius 3 is 2.44 bits per heavy atom. The molecule has 0 radical (unpaired) electrons. The monoisotopic (exact) mass is 343 g/mol. The van der Waals surface area contributed by atoms with Crippen LogP contribution in [0.3, 0.4) is 0 Å². The maximum atomic E-state index is 12.9. The zero-order valence-electron chi connectivity index (χ0n) is 13.9. The quantitative estimate of drug-likeness (QED) is 0.498. The van der Waals surface area contributed by atoms with Crippen LogP contribution >= 0.6 is 0 Å². The number of para-hydroxylation sites is 2. The second kappa shape index (κ2) is 8.58. The molecule has 0 saturated heterocycles. The normalized spacial score (nSPS) is 10.9. The summed E-state index contributed by atoms with van der Waals surface area (Å²) in [7, 11) is 0. The van der Waals surface area contributed by atoms with Crippen molar-refractivity contribution in [1.29, 1.82) is 0 Å². The van der Waals surface area contributed by atoms with Gasteiger partial charge in [-0.2, -0.15) is 5.10 Å². The molecular formula is C18H18FN3O3. The third kappa shape index (κ3) is 5.13. The van der Waals surface area contributed by atoms with Crippen LogP contribution in [-0.4, -0.2) is 24.1 Å². The molecule has 0 unspecified atom stereocenters. The average Bonchev–Trinajstić information content (AvgIpc) is 2.61. The fourth-order valence-electron chi connectivity index (χ4n) is 1.97. The lowest BCUT2D eigenvalue weighted by Gasteiger charge is -2.10. The highest BCUT2D eigenvalue weighted by Crippen LogP contribution is 2.23. The van der Waals surface area contributed by atoms with Gasteiger partial charge in [0.2, 0.25) is 0 Å². The molecule has 0 aliphatic rings. The van der Waals surface area contributed by atoms with Crippen molar-refractivity contribution in [3.8, 4) is 5.75 Å². The number of carbonyl (C=O) groups excluding carboxylic acids is 2. The summed E-state index contributed by atoms with van der Waals surface area (Å²) in [4.78, 5) is 23.8. The van der Waals surface area contributed by atoms with E-state index in [4.69, 9.17) is 4.74 Å². The molecule has 25 heavy (non-hydrogen) atoms. The Labute approximate surface area is 144 Å². The first-order valence-corrected chi connectivity index (χ1v) is 7.64. The molecule has 0 saturated carbocycles. The first-order chi connectivity index (χ1) is 12.0. The highest BCUT2D eigenvalue weighted by molar-refractivity contribution is 6.39. The molecule has 0 aliphatic heterocycles. The molecule has 0 spiro atoms. The molecule has 2 rings (SSSR count). The van der Waals surface area contributed by atoms with Crippen molar-refractivity contribution in [1.82, 2.24) is 5.43 Å². The molecule has 7 heteroatoms. The predicted molar refractivity (Wildman–Crippen MR) is 93.0 cm³/mol. The molecule has 130 valence electrons. The average molecular weight is 343 g/mol. The summed E-state index contributed by atoms with van der Waals surface area (Å²) in [5.41, 5.74) is 3.63. The number of halogens is 1. The van der Waals surface area contributed by atoms with Gasteiger partial charge in [0.1, 0.15) is 11.6 Å². The van der Waals surface area contributed by atoms with Gasteiger partial charge in [0, 0.05) is 0 Å². The molecule has 0 aliphatic carbocycles. The fourth-order valence-corrected chi connectivity index (χ4v) is 1.97. The van der Waals surface area contributed by atoms with Crippen LogP contribution < -0.4 is 15.5 Å². The highest BCUT2D eigenvalue weighted by Gasteiger charge is 2.15. The van der Waals surface area contributed by atoms with E-state index in [2.05, 4.69) is 15.8 Å². The topological polar surface area (TPSA) is 79.8 Å². The smallest absolute Gasteiger partial charge is 0.329 e. The van der Waals surface area contributed by atoms with Crippen LogP contribution in [0.1, 0.15) is 19.4 Å². The zero-order chi connectivity index (χ0) is 18.2. The Hall–Kier alpha value is -3.22. The SMILES string of the molecule is CCOc1ccccc1NC(=O)C(=O)NN=C(C)c1ccc(F)cc1. The van der Waals surface area contributed by atoms with Gasteiger partial charge in [0.15, 0.2) is 0 Å². The van der Waals surface area contributed by atoms with Crippen LogP contribution in [0.2, 0.25) is 0 Å². The van der Waals surface area contributed by atoms with Gasteiger partial charge in [-0.05, 0) is 43.7 Å².